The molecule has 74 valence electrons. The van der Waals surface area contributed by atoms with Gasteiger partial charge in [-0.15, -0.1) is 6.58 Å². The van der Waals surface area contributed by atoms with Crippen LogP contribution in [0.3, 0.4) is 0 Å². The molecule has 2 N–H and O–H groups in total. The number of aliphatic hydroxyl groups is 1. The monoisotopic (exact) mass is 220 g/mol. The van der Waals surface area contributed by atoms with Crippen LogP contribution in [-0.4, -0.2) is 65.8 Å². The molecule has 0 aliphatic rings. The summed E-state index contributed by atoms with van der Waals surface area (Å²) in [5.74, 6) is -2.73. The molecular formula is C6H13NaO5S. The summed E-state index contributed by atoms with van der Waals surface area (Å²) in [6.07, 6.45) is 1.36. The first kappa shape index (κ1) is 16.0. The minimum atomic E-state index is -4.22. The van der Waals surface area contributed by atoms with Gasteiger partial charge in [0, 0.05) is 0 Å². The van der Waals surface area contributed by atoms with E-state index in [0.717, 1.165) is 6.92 Å². The molecule has 0 fully saturated rings. The Bertz CT molecular complexity index is 246. The van der Waals surface area contributed by atoms with Crippen LogP contribution in [0.4, 0.5) is 0 Å². The van der Waals surface area contributed by atoms with Gasteiger partial charge in [-0.25, -0.2) is 0 Å². The molecule has 0 heterocycles. The molecule has 0 amide bonds. The van der Waals surface area contributed by atoms with Crippen molar-refractivity contribution in [2.45, 2.75) is 12.7 Å². The molecule has 0 aromatic carbocycles. The zero-order valence-electron chi connectivity index (χ0n) is 6.73. The second kappa shape index (κ2) is 6.13. The SMILES string of the molecule is C=CCOC(C)(O)CS(=O)(=O)O.[NaH]. The van der Waals surface area contributed by atoms with E-state index in [-0.39, 0.29) is 36.2 Å². The van der Waals surface area contributed by atoms with Crippen LogP contribution in [0.1, 0.15) is 6.92 Å². The van der Waals surface area contributed by atoms with E-state index in [2.05, 4.69) is 11.3 Å². The van der Waals surface area contributed by atoms with Gasteiger partial charge in [0.25, 0.3) is 10.1 Å². The van der Waals surface area contributed by atoms with Gasteiger partial charge in [0.15, 0.2) is 5.79 Å². The van der Waals surface area contributed by atoms with Crippen LogP contribution in [0.15, 0.2) is 12.7 Å². The number of ether oxygens (including phenoxy) is 1. The molecule has 0 spiro atoms. The molecule has 5 nitrogen and oxygen atoms in total. The van der Waals surface area contributed by atoms with Crippen LogP contribution in [0.25, 0.3) is 0 Å². The van der Waals surface area contributed by atoms with E-state index >= 15 is 0 Å². The summed E-state index contributed by atoms with van der Waals surface area (Å²) in [5.41, 5.74) is 0. The van der Waals surface area contributed by atoms with E-state index in [9.17, 15) is 13.5 Å². The van der Waals surface area contributed by atoms with E-state index in [1.165, 1.54) is 6.08 Å². The third-order valence-corrected chi connectivity index (χ3v) is 1.86. The van der Waals surface area contributed by atoms with Gasteiger partial charge in [0.2, 0.25) is 0 Å². The molecule has 0 saturated carbocycles. The van der Waals surface area contributed by atoms with Crippen LogP contribution < -0.4 is 0 Å². The van der Waals surface area contributed by atoms with Crippen molar-refractivity contribution in [2.75, 3.05) is 12.4 Å². The maximum atomic E-state index is 10.3. The Morgan fingerprint density at radius 2 is 2.08 bits per heavy atom. The van der Waals surface area contributed by atoms with E-state index in [1.54, 1.807) is 0 Å². The summed E-state index contributed by atoms with van der Waals surface area (Å²) in [6.45, 7) is 4.47. The van der Waals surface area contributed by atoms with Gasteiger partial charge < -0.3 is 9.84 Å². The Morgan fingerprint density at radius 3 is 2.38 bits per heavy atom. The van der Waals surface area contributed by atoms with Gasteiger partial charge >= 0.3 is 29.6 Å². The molecule has 7 heteroatoms. The van der Waals surface area contributed by atoms with Crippen LogP contribution in [-0.2, 0) is 14.9 Å². The molecule has 0 aliphatic carbocycles. The topological polar surface area (TPSA) is 83.8 Å². The first-order valence-electron chi connectivity index (χ1n) is 3.19. The van der Waals surface area contributed by atoms with Crippen LogP contribution >= 0.6 is 0 Å². The van der Waals surface area contributed by atoms with E-state index in [4.69, 9.17) is 4.55 Å². The molecule has 1 unspecified atom stereocenters. The summed E-state index contributed by atoms with van der Waals surface area (Å²) in [7, 11) is -4.22. The molecule has 0 aromatic rings. The summed E-state index contributed by atoms with van der Waals surface area (Å²) in [6, 6.07) is 0. The van der Waals surface area contributed by atoms with Crippen molar-refractivity contribution in [2.24, 2.45) is 0 Å². The summed E-state index contributed by atoms with van der Waals surface area (Å²) >= 11 is 0. The van der Waals surface area contributed by atoms with Gasteiger partial charge in [0.1, 0.15) is 5.75 Å². The Balaban J connectivity index is 0. The first-order valence-corrected chi connectivity index (χ1v) is 4.80. The van der Waals surface area contributed by atoms with Gasteiger partial charge in [0.05, 0.1) is 6.61 Å². The molecule has 13 heavy (non-hydrogen) atoms. The Hall–Kier alpha value is 0.570. The number of hydrogen-bond donors (Lipinski definition) is 2. The van der Waals surface area contributed by atoms with Crippen LogP contribution in [0.5, 0.6) is 0 Å². The molecule has 1 atom stereocenters. The number of rotatable bonds is 5. The molecule has 0 aliphatic heterocycles. The molecule has 0 aromatic heterocycles. The van der Waals surface area contributed by atoms with E-state index < -0.39 is 21.7 Å². The average molecular weight is 220 g/mol. The third-order valence-electron chi connectivity index (χ3n) is 0.962. The summed E-state index contributed by atoms with van der Waals surface area (Å²) < 4.78 is 33.6. The van der Waals surface area contributed by atoms with Crippen molar-refractivity contribution in [3.63, 3.8) is 0 Å². The zero-order valence-corrected chi connectivity index (χ0v) is 7.54. The summed E-state index contributed by atoms with van der Waals surface area (Å²) in [5, 5.41) is 9.17. The number of hydrogen-bond acceptors (Lipinski definition) is 4. The van der Waals surface area contributed by atoms with Crippen molar-refractivity contribution < 1.29 is 22.8 Å². The van der Waals surface area contributed by atoms with Crippen LogP contribution in [0.2, 0.25) is 0 Å². The van der Waals surface area contributed by atoms with Gasteiger partial charge in [-0.1, -0.05) is 6.08 Å². The van der Waals surface area contributed by atoms with Crippen molar-refractivity contribution in [3.05, 3.63) is 12.7 Å². The van der Waals surface area contributed by atoms with Gasteiger partial charge in [-0.2, -0.15) is 8.42 Å². The van der Waals surface area contributed by atoms with Crippen molar-refractivity contribution in [1.29, 1.82) is 0 Å². The summed E-state index contributed by atoms with van der Waals surface area (Å²) in [4.78, 5) is 0. The zero-order chi connectivity index (χ0) is 9.83. The Morgan fingerprint density at radius 1 is 1.62 bits per heavy atom. The second-order valence-corrected chi connectivity index (χ2v) is 3.95. The fourth-order valence-electron chi connectivity index (χ4n) is 0.619. The molecule has 0 radical (unpaired) electrons. The fourth-order valence-corrected chi connectivity index (χ4v) is 1.38. The Labute approximate surface area is 99.8 Å². The molecular weight excluding hydrogens is 207 g/mol. The van der Waals surface area contributed by atoms with Crippen molar-refractivity contribution in [3.8, 4) is 0 Å². The van der Waals surface area contributed by atoms with E-state index in [1.807, 2.05) is 0 Å². The molecule has 0 saturated heterocycles. The van der Waals surface area contributed by atoms with Gasteiger partial charge in [-0.3, -0.25) is 4.55 Å². The quantitative estimate of drug-likeness (QED) is 0.272. The standard InChI is InChI=1S/C6H12O5S.Na.H/c1-3-4-11-6(2,7)5-12(8,9)10;;/h3,7H,1,4-5H2,2H3,(H,8,9,10);;. The van der Waals surface area contributed by atoms with E-state index in [0.29, 0.717) is 0 Å². The average Bonchev–Trinajstić information content (AvgIpc) is 1.78. The minimum absolute atomic E-state index is 0. The molecule has 0 bridgehead atoms. The normalized spacial score (nSPS) is 15.6. The third kappa shape index (κ3) is 10.5. The van der Waals surface area contributed by atoms with Crippen LogP contribution in [0, 0.1) is 0 Å². The second-order valence-electron chi connectivity index (χ2n) is 2.50. The predicted octanol–water partition coefficient (Wildman–Crippen LogP) is -0.863. The van der Waals surface area contributed by atoms with Crippen molar-refractivity contribution in [1.82, 2.24) is 0 Å². The predicted molar refractivity (Wildman–Crippen MR) is 50.3 cm³/mol. The molecule has 0 rings (SSSR count). The fraction of sp³-hybridized carbons (Fsp3) is 0.667. The van der Waals surface area contributed by atoms with Gasteiger partial charge in [-0.05, 0) is 6.92 Å². The Kier molecular flexibility index (Phi) is 7.55. The maximum absolute atomic E-state index is 10.3. The van der Waals surface area contributed by atoms with Crippen molar-refractivity contribution >= 4 is 39.7 Å². The first-order chi connectivity index (χ1) is 5.27.